The van der Waals surface area contributed by atoms with Crippen LogP contribution in [0.5, 0.6) is 0 Å². The van der Waals surface area contributed by atoms with Crippen molar-refractivity contribution in [2.45, 2.75) is 63.3 Å². The highest BCUT2D eigenvalue weighted by atomic mass is 32.2. The van der Waals surface area contributed by atoms with Crippen LogP contribution in [-0.4, -0.2) is 47.0 Å². The third-order valence-corrected chi connectivity index (χ3v) is 5.10. The molecule has 0 unspecified atom stereocenters. The zero-order valence-electron chi connectivity index (χ0n) is 11.7. The zero-order valence-corrected chi connectivity index (χ0v) is 12.5. The van der Waals surface area contributed by atoms with E-state index in [1.54, 1.807) is 0 Å². The van der Waals surface area contributed by atoms with Crippen molar-refractivity contribution in [2.24, 2.45) is 0 Å². The van der Waals surface area contributed by atoms with Crippen LogP contribution in [0, 0.1) is 0 Å². The minimum Gasteiger partial charge on any atom is -0.352 e. The first-order valence-corrected chi connectivity index (χ1v) is 8.41. The first kappa shape index (κ1) is 14.2. The molecule has 2 rings (SSSR count). The summed E-state index contributed by atoms with van der Waals surface area (Å²) in [4.78, 5) is 14.5. The quantitative estimate of drug-likeness (QED) is 0.832. The number of nitrogens with one attached hydrogen (secondary N) is 1. The SMILES string of the molecule is CCS[C@@H]1CCCCN([C@@H](C)C(=O)NC2CC2)C1. The molecule has 1 heterocycles. The average molecular weight is 270 g/mol. The Balaban J connectivity index is 1.85. The smallest absolute Gasteiger partial charge is 0.237 e. The number of rotatable bonds is 5. The maximum absolute atomic E-state index is 12.1. The van der Waals surface area contributed by atoms with Crippen LogP contribution in [0.1, 0.15) is 46.0 Å². The fourth-order valence-corrected chi connectivity index (χ4v) is 3.67. The third-order valence-electron chi connectivity index (χ3n) is 3.91. The topological polar surface area (TPSA) is 32.3 Å². The predicted octanol–water partition coefficient (Wildman–Crippen LogP) is 2.26. The Morgan fingerprint density at radius 2 is 2.17 bits per heavy atom. The van der Waals surface area contributed by atoms with Crippen LogP contribution in [0.25, 0.3) is 0 Å². The molecule has 3 nitrogen and oxygen atoms in total. The van der Waals surface area contributed by atoms with Crippen molar-refractivity contribution >= 4 is 17.7 Å². The molecule has 1 saturated carbocycles. The maximum atomic E-state index is 12.1. The summed E-state index contributed by atoms with van der Waals surface area (Å²) in [7, 11) is 0. The summed E-state index contributed by atoms with van der Waals surface area (Å²) in [6.45, 7) is 6.46. The molecule has 2 aliphatic rings. The van der Waals surface area contributed by atoms with Gasteiger partial charge in [-0.05, 0) is 44.9 Å². The Bertz CT molecular complexity index is 281. The second kappa shape index (κ2) is 6.80. The number of amides is 1. The fourth-order valence-electron chi connectivity index (χ4n) is 2.57. The van der Waals surface area contributed by atoms with Crippen LogP contribution < -0.4 is 5.32 Å². The molecule has 2 fully saturated rings. The van der Waals surface area contributed by atoms with E-state index >= 15 is 0 Å². The summed E-state index contributed by atoms with van der Waals surface area (Å²) in [5, 5.41) is 3.85. The molecule has 0 bridgehead atoms. The van der Waals surface area contributed by atoms with Gasteiger partial charge in [-0.1, -0.05) is 13.3 Å². The number of carbonyl (C=O) groups excluding carboxylic acids is 1. The molecule has 0 aromatic carbocycles. The number of likely N-dealkylation sites (tertiary alicyclic amines) is 1. The number of thioether (sulfide) groups is 1. The van der Waals surface area contributed by atoms with Gasteiger partial charge in [-0.3, -0.25) is 9.69 Å². The van der Waals surface area contributed by atoms with Gasteiger partial charge in [0.2, 0.25) is 5.91 Å². The van der Waals surface area contributed by atoms with Crippen LogP contribution in [0.4, 0.5) is 0 Å². The molecule has 2 atom stereocenters. The van der Waals surface area contributed by atoms with Crippen LogP contribution in [0.3, 0.4) is 0 Å². The molecule has 104 valence electrons. The van der Waals surface area contributed by atoms with Gasteiger partial charge in [-0.15, -0.1) is 0 Å². The van der Waals surface area contributed by atoms with E-state index in [0.29, 0.717) is 11.3 Å². The van der Waals surface area contributed by atoms with E-state index in [-0.39, 0.29) is 11.9 Å². The van der Waals surface area contributed by atoms with Gasteiger partial charge in [0.05, 0.1) is 6.04 Å². The second-order valence-corrected chi connectivity index (χ2v) is 7.10. The lowest BCUT2D eigenvalue weighted by atomic mass is 10.2. The molecule has 1 aliphatic carbocycles. The monoisotopic (exact) mass is 270 g/mol. The average Bonchev–Trinajstić information content (AvgIpc) is 3.16. The van der Waals surface area contributed by atoms with Gasteiger partial charge in [0, 0.05) is 17.8 Å². The van der Waals surface area contributed by atoms with Crippen LogP contribution in [0.15, 0.2) is 0 Å². The molecule has 0 aromatic heterocycles. The molecule has 18 heavy (non-hydrogen) atoms. The zero-order chi connectivity index (χ0) is 13.0. The molecular formula is C14H26N2OS. The molecule has 1 saturated heterocycles. The van der Waals surface area contributed by atoms with Crippen molar-refractivity contribution < 1.29 is 4.79 Å². The standard InChI is InChI=1S/C14H26N2OS/c1-3-18-13-6-4-5-9-16(10-13)11(2)14(17)15-12-7-8-12/h11-13H,3-10H2,1-2H3,(H,15,17)/t11-,13+/m0/s1. The lowest BCUT2D eigenvalue weighted by molar-refractivity contribution is -0.126. The van der Waals surface area contributed by atoms with E-state index in [4.69, 9.17) is 0 Å². The summed E-state index contributed by atoms with van der Waals surface area (Å²) < 4.78 is 0. The van der Waals surface area contributed by atoms with E-state index in [2.05, 4.69) is 35.8 Å². The molecule has 4 heteroatoms. The van der Waals surface area contributed by atoms with Gasteiger partial charge in [0.25, 0.3) is 0 Å². The van der Waals surface area contributed by atoms with Crippen molar-refractivity contribution in [3.8, 4) is 0 Å². The summed E-state index contributed by atoms with van der Waals surface area (Å²) in [6, 6.07) is 0.524. The van der Waals surface area contributed by atoms with Gasteiger partial charge in [-0.2, -0.15) is 11.8 Å². The van der Waals surface area contributed by atoms with Crippen molar-refractivity contribution in [2.75, 3.05) is 18.8 Å². The number of nitrogens with zero attached hydrogens (tertiary/aromatic N) is 1. The van der Waals surface area contributed by atoms with Crippen LogP contribution >= 0.6 is 11.8 Å². The molecule has 1 aliphatic heterocycles. The predicted molar refractivity (Wildman–Crippen MR) is 78.0 cm³/mol. The number of hydrogen-bond acceptors (Lipinski definition) is 3. The largest absolute Gasteiger partial charge is 0.352 e. The fraction of sp³-hybridized carbons (Fsp3) is 0.929. The molecule has 0 spiro atoms. The van der Waals surface area contributed by atoms with Gasteiger partial charge in [0.15, 0.2) is 0 Å². The minimum atomic E-state index is 0.0451. The van der Waals surface area contributed by atoms with E-state index in [1.165, 1.54) is 37.9 Å². The normalized spacial score (nSPS) is 27.6. The van der Waals surface area contributed by atoms with Crippen molar-refractivity contribution in [1.82, 2.24) is 10.2 Å². The highest BCUT2D eigenvalue weighted by Crippen LogP contribution is 2.24. The van der Waals surface area contributed by atoms with Gasteiger partial charge < -0.3 is 5.32 Å². The number of hydrogen-bond donors (Lipinski definition) is 1. The van der Waals surface area contributed by atoms with E-state index in [9.17, 15) is 4.79 Å². The summed E-state index contributed by atoms with van der Waals surface area (Å²) in [5.74, 6) is 1.42. The van der Waals surface area contributed by atoms with Gasteiger partial charge >= 0.3 is 0 Å². The van der Waals surface area contributed by atoms with E-state index < -0.39 is 0 Å². The maximum Gasteiger partial charge on any atom is 0.237 e. The number of carbonyl (C=O) groups is 1. The van der Waals surface area contributed by atoms with Gasteiger partial charge in [0.1, 0.15) is 0 Å². The van der Waals surface area contributed by atoms with Gasteiger partial charge in [-0.25, -0.2) is 0 Å². The third kappa shape index (κ3) is 4.16. The molecule has 1 N–H and O–H groups in total. The van der Waals surface area contributed by atoms with E-state index in [0.717, 1.165) is 13.1 Å². The Kier molecular flexibility index (Phi) is 5.37. The lowest BCUT2D eigenvalue weighted by Gasteiger charge is -2.29. The molecule has 1 amide bonds. The Morgan fingerprint density at radius 1 is 1.39 bits per heavy atom. The summed E-state index contributed by atoms with van der Waals surface area (Å²) in [5.41, 5.74) is 0. The van der Waals surface area contributed by atoms with Crippen molar-refractivity contribution in [3.05, 3.63) is 0 Å². The first-order valence-electron chi connectivity index (χ1n) is 7.36. The highest BCUT2D eigenvalue weighted by molar-refractivity contribution is 7.99. The molecule has 0 aromatic rings. The van der Waals surface area contributed by atoms with Crippen LogP contribution in [0.2, 0.25) is 0 Å². The lowest BCUT2D eigenvalue weighted by Crippen LogP contribution is -2.47. The van der Waals surface area contributed by atoms with E-state index in [1.807, 2.05) is 0 Å². The minimum absolute atomic E-state index is 0.0451. The van der Waals surface area contributed by atoms with Crippen molar-refractivity contribution in [1.29, 1.82) is 0 Å². The van der Waals surface area contributed by atoms with Crippen LogP contribution in [-0.2, 0) is 4.79 Å². The Hall–Kier alpha value is -0.220. The Morgan fingerprint density at radius 3 is 2.83 bits per heavy atom. The molecular weight excluding hydrogens is 244 g/mol. The Labute approximate surface area is 115 Å². The molecule has 0 radical (unpaired) electrons. The first-order chi connectivity index (χ1) is 8.70. The van der Waals surface area contributed by atoms with Crippen molar-refractivity contribution in [3.63, 3.8) is 0 Å². The second-order valence-electron chi connectivity index (χ2n) is 5.53. The summed E-state index contributed by atoms with van der Waals surface area (Å²) >= 11 is 2.05. The highest BCUT2D eigenvalue weighted by Gasteiger charge is 2.30. The summed E-state index contributed by atoms with van der Waals surface area (Å²) in [6.07, 6.45) is 6.21.